The summed E-state index contributed by atoms with van der Waals surface area (Å²) in [6.45, 7) is 8.96. The molecule has 31 heavy (non-hydrogen) atoms. The number of carbonyl (C=O) groups excluding carboxylic acids is 1. The topological polar surface area (TPSA) is 77.5 Å². The smallest absolute Gasteiger partial charge is 0.318 e. The van der Waals surface area contributed by atoms with E-state index in [1.54, 1.807) is 0 Å². The van der Waals surface area contributed by atoms with Gasteiger partial charge in [-0.2, -0.15) is 0 Å². The summed E-state index contributed by atoms with van der Waals surface area (Å²) in [6.07, 6.45) is 7.67. The lowest BCUT2D eigenvalue weighted by atomic mass is 9.64. The van der Waals surface area contributed by atoms with Crippen LogP contribution in [0.15, 0.2) is 0 Å². The van der Waals surface area contributed by atoms with Crippen LogP contribution in [0.1, 0.15) is 51.9 Å². The third kappa shape index (κ3) is 4.47. The lowest BCUT2D eigenvalue weighted by Gasteiger charge is -2.52. The van der Waals surface area contributed by atoms with Crippen LogP contribution < -0.4 is 5.32 Å². The number of piperidine rings is 1. The highest BCUT2D eigenvalue weighted by Gasteiger charge is 2.51. The van der Waals surface area contributed by atoms with Gasteiger partial charge in [-0.3, -0.25) is 4.90 Å². The molecule has 1 spiro atoms. The van der Waals surface area contributed by atoms with E-state index in [9.17, 15) is 9.90 Å². The van der Waals surface area contributed by atoms with Crippen LogP contribution in [0, 0.1) is 11.3 Å². The molecule has 1 unspecified atom stereocenters. The van der Waals surface area contributed by atoms with E-state index in [2.05, 4.69) is 20.0 Å². The first-order chi connectivity index (χ1) is 15.1. The number of ether oxygens (including phenoxy) is 2. The molecule has 8 heteroatoms. The number of carbonyl (C=O) groups is 1. The van der Waals surface area contributed by atoms with E-state index in [0.29, 0.717) is 43.2 Å². The number of nitrogens with one attached hydrogen (secondary N) is 1. The molecule has 2 amide bonds. The molecule has 1 saturated carbocycles. The highest BCUT2D eigenvalue weighted by Crippen LogP contribution is 2.51. The van der Waals surface area contributed by atoms with Gasteiger partial charge < -0.3 is 29.7 Å². The predicted octanol–water partition coefficient (Wildman–Crippen LogP) is 1.44. The van der Waals surface area contributed by atoms with Crippen molar-refractivity contribution in [2.45, 2.75) is 76.4 Å². The number of hydrogen-bond donors (Lipinski definition) is 2. The summed E-state index contributed by atoms with van der Waals surface area (Å²) in [5.74, 6) is 0.638. The van der Waals surface area contributed by atoms with Gasteiger partial charge in [0.2, 0.25) is 6.41 Å². The molecule has 4 aliphatic heterocycles. The second kappa shape index (κ2) is 9.14. The Labute approximate surface area is 186 Å². The molecule has 1 aliphatic carbocycles. The molecular weight excluding hydrogens is 396 g/mol. The maximum absolute atomic E-state index is 12.7. The van der Waals surface area contributed by atoms with E-state index in [-0.39, 0.29) is 12.1 Å². The first-order valence-electron chi connectivity index (χ1n) is 12.5. The van der Waals surface area contributed by atoms with Gasteiger partial charge in [0.05, 0.1) is 19.3 Å². The summed E-state index contributed by atoms with van der Waals surface area (Å²) >= 11 is 0. The van der Waals surface area contributed by atoms with Crippen molar-refractivity contribution < 1.29 is 19.4 Å². The number of amides is 2. The summed E-state index contributed by atoms with van der Waals surface area (Å²) in [4.78, 5) is 19.6. The first kappa shape index (κ1) is 21.9. The highest BCUT2D eigenvalue weighted by atomic mass is 16.6. The van der Waals surface area contributed by atoms with Crippen molar-refractivity contribution in [1.29, 1.82) is 0 Å². The molecule has 8 nitrogen and oxygen atoms in total. The van der Waals surface area contributed by atoms with Crippen LogP contribution in [0.3, 0.4) is 0 Å². The Kier molecular flexibility index (Phi) is 6.45. The fourth-order valence-electron chi connectivity index (χ4n) is 6.72. The van der Waals surface area contributed by atoms with Crippen molar-refractivity contribution in [3.63, 3.8) is 0 Å². The molecule has 0 bridgehead atoms. The Morgan fingerprint density at radius 2 is 1.97 bits per heavy atom. The highest BCUT2D eigenvalue weighted by molar-refractivity contribution is 5.75. The van der Waals surface area contributed by atoms with E-state index in [1.165, 1.54) is 45.2 Å². The number of likely N-dealkylation sites (tertiary alicyclic amines) is 3. The quantitative estimate of drug-likeness (QED) is 0.614. The van der Waals surface area contributed by atoms with Crippen LogP contribution in [-0.4, -0.2) is 103 Å². The summed E-state index contributed by atoms with van der Waals surface area (Å²) < 4.78 is 10.6. The monoisotopic (exact) mass is 436 g/mol. The zero-order chi connectivity index (χ0) is 21.4. The van der Waals surface area contributed by atoms with E-state index < -0.39 is 6.41 Å². The van der Waals surface area contributed by atoms with Crippen molar-refractivity contribution in [2.75, 3.05) is 52.5 Å². The fraction of sp³-hybridized carbons (Fsp3) is 0.957. The number of aliphatic hydroxyl groups excluding tert-OH is 1. The SMILES string of the molecule is CCOC(O)N1CCC2(CC(N3CCC([C@@H]4CCCN4C(=O)NC4COC4)CC3)C2)C1. The maximum Gasteiger partial charge on any atom is 0.318 e. The average Bonchev–Trinajstić information content (AvgIpc) is 3.37. The van der Waals surface area contributed by atoms with Crippen LogP contribution in [-0.2, 0) is 9.47 Å². The zero-order valence-electron chi connectivity index (χ0n) is 19.0. The van der Waals surface area contributed by atoms with Gasteiger partial charge in [0.15, 0.2) is 0 Å². The molecule has 4 saturated heterocycles. The molecule has 5 aliphatic rings. The summed E-state index contributed by atoms with van der Waals surface area (Å²) in [5, 5.41) is 13.3. The van der Waals surface area contributed by atoms with Gasteiger partial charge in [0, 0.05) is 38.3 Å². The molecule has 0 aromatic carbocycles. The predicted molar refractivity (Wildman–Crippen MR) is 116 cm³/mol. The summed E-state index contributed by atoms with van der Waals surface area (Å²) in [6, 6.07) is 1.45. The molecule has 0 aromatic rings. The molecule has 5 rings (SSSR count). The molecular formula is C23H40N4O4. The van der Waals surface area contributed by atoms with Crippen molar-refractivity contribution in [3.8, 4) is 0 Å². The van der Waals surface area contributed by atoms with Crippen molar-refractivity contribution in [1.82, 2.24) is 20.0 Å². The molecule has 2 N–H and O–H groups in total. The van der Waals surface area contributed by atoms with Crippen LogP contribution >= 0.6 is 0 Å². The Morgan fingerprint density at radius 3 is 2.65 bits per heavy atom. The van der Waals surface area contributed by atoms with Gasteiger partial charge in [-0.1, -0.05) is 0 Å². The number of hydrogen-bond acceptors (Lipinski definition) is 6. The number of nitrogens with zero attached hydrogens (tertiary/aromatic N) is 3. The van der Waals surface area contributed by atoms with Crippen LogP contribution in [0.25, 0.3) is 0 Å². The summed E-state index contributed by atoms with van der Waals surface area (Å²) in [7, 11) is 0. The standard InChI is InChI=1S/C23H40N4O4/c1-2-31-22(29)26-11-7-23(16-26)12-19(13-23)25-9-5-17(6-10-25)20-4-3-8-27(20)21(28)24-18-14-30-15-18/h17-20,22,29H,2-16H2,1H3,(H,24,28)/t19?,20-,22?,23?/m0/s1. The molecule has 0 aromatic heterocycles. The van der Waals surface area contributed by atoms with Gasteiger partial charge in [-0.25, -0.2) is 4.79 Å². The van der Waals surface area contributed by atoms with Crippen molar-refractivity contribution in [3.05, 3.63) is 0 Å². The van der Waals surface area contributed by atoms with Gasteiger partial charge in [-0.15, -0.1) is 0 Å². The molecule has 4 heterocycles. The Balaban J connectivity index is 1.06. The van der Waals surface area contributed by atoms with Crippen LogP contribution in [0.5, 0.6) is 0 Å². The van der Waals surface area contributed by atoms with Gasteiger partial charge >= 0.3 is 6.03 Å². The van der Waals surface area contributed by atoms with Crippen molar-refractivity contribution >= 4 is 6.03 Å². The molecule has 176 valence electrons. The van der Waals surface area contributed by atoms with Crippen LogP contribution in [0.4, 0.5) is 4.79 Å². The second-order valence-corrected chi connectivity index (χ2v) is 10.5. The third-order valence-electron chi connectivity index (χ3n) is 8.59. The lowest BCUT2D eigenvalue weighted by molar-refractivity contribution is -0.188. The van der Waals surface area contributed by atoms with E-state index in [4.69, 9.17) is 9.47 Å². The third-order valence-corrected chi connectivity index (χ3v) is 8.59. The zero-order valence-corrected chi connectivity index (χ0v) is 19.0. The maximum atomic E-state index is 12.7. The Hall–Kier alpha value is -0.930. The molecule has 2 atom stereocenters. The minimum absolute atomic E-state index is 0.124. The van der Waals surface area contributed by atoms with Gasteiger partial charge in [-0.05, 0) is 76.3 Å². The average molecular weight is 437 g/mol. The van der Waals surface area contributed by atoms with E-state index >= 15 is 0 Å². The van der Waals surface area contributed by atoms with E-state index in [1.807, 2.05) is 6.92 Å². The second-order valence-electron chi connectivity index (χ2n) is 10.5. The fourth-order valence-corrected chi connectivity index (χ4v) is 6.72. The Bertz CT molecular complexity index is 631. The Morgan fingerprint density at radius 1 is 1.19 bits per heavy atom. The van der Waals surface area contributed by atoms with Crippen molar-refractivity contribution in [2.24, 2.45) is 11.3 Å². The summed E-state index contributed by atoms with van der Waals surface area (Å²) in [5.41, 5.74) is 0.394. The molecule has 0 radical (unpaired) electrons. The number of urea groups is 1. The normalized spacial score (nSPS) is 36.5. The van der Waals surface area contributed by atoms with Crippen LogP contribution in [0.2, 0.25) is 0 Å². The van der Waals surface area contributed by atoms with Gasteiger partial charge in [0.25, 0.3) is 0 Å². The minimum Gasteiger partial charge on any atom is -0.377 e. The largest absolute Gasteiger partial charge is 0.377 e. The first-order valence-corrected chi connectivity index (χ1v) is 12.5. The van der Waals surface area contributed by atoms with E-state index in [0.717, 1.165) is 32.5 Å². The molecule has 5 fully saturated rings. The lowest BCUT2D eigenvalue weighted by Crippen LogP contribution is -2.57. The number of rotatable bonds is 6. The number of aliphatic hydroxyl groups is 1. The minimum atomic E-state index is -0.734. The van der Waals surface area contributed by atoms with Gasteiger partial charge in [0.1, 0.15) is 0 Å².